The summed E-state index contributed by atoms with van der Waals surface area (Å²) in [4.78, 5) is 27.2. The molecular weight excluding hydrogens is 634 g/mol. The molecule has 0 fully saturated rings. The molecule has 0 saturated heterocycles. The van der Waals surface area contributed by atoms with Crippen LogP contribution < -0.4 is 0 Å². The maximum Gasteiger partial charge on any atom is 0.330 e. The molecule has 51 heavy (non-hydrogen) atoms. The number of carbonyl (C=O) groups is 2. The van der Waals surface area contributed by atoms with Crippen LogP contribution in [0.5, 0.6) is 0 Å². The van der Waals surface area contributed by atoms with E-state index >= 15 is 0 Å². The minimum Gasteiger partial charge on any atom is -0.463 e. The van der Waals surface area contributed by atoms with Crippen LogP contribution in [0.1, 0.15) is 214 Å². The maximum atomic E-state index is 12.4. The second-order valence-electron chi connectivity index (χ2n) is 14.9. The summed E-state index contributed by atoms with van der Waals surface area (Å²) in [6.07, 6.45) is 36.8. The standard InChI is InChI=1S/C45H85NO5/c1-5-9-13-23-32-42(30-11-7-3)40-44(48)50-38-27-21-17-15-19-25-34-46(36-29-37-47)35-26-20-16-18-22-28-39-51-45(49)41-43(31-12-8-4)33-24-14-10-6-2/h40-41,47H,5-39H2,1-4H3/b42-40+,43-41?. The van der Waals surface area contributed by atoms with Crippen LogP contribution in [-0.2, 0) is 19.1 Å². The van der Waals surface area contributed by atoms with Gasteiger partial charge in [-0.15, -0.1) is 0 Å². The van der Waals surface area contributed by atoms with E-state index in [1.165, 1.54) is 114 Å². The number of carbonyl (C=O) groups excluding carboxylic acids is 2. The van der Waals surface area contributed by atoms with Crippen molar-refractivity contribution < 1.29 is 24.2 Å². The number of esters is 2. The fraction of sp³-hybridized carbons (Fsp3) is 0.867. The van der Waals surface area contributed by atoms with Gasteiger partial charge >= 0.3 is 11.9 Å². The normalized spacial score (nSPS) is 12.2. The van der Waals surface area contributed by atoms with E-state index in [0.29, 0.717) is 13.2 Å². The zero-order valence-corrected chi connectivity index (χ0v) is 34.4. The van der Waals surface area contributed by atoms with E-state index in [1.807, 2.05) is 0 Å². The second-order valence-corrected chi connectivity index (χ2v) is 14.9. The van der Waals surface area contributed by atoms with Crippen molar-refractivity contribution in [3.63, 3.8) is 0 Å². The highest BCUT2D eigenvalue weighted by molar-refractivity contribution is 5.83. The van der Waals surface area contributed by atoms with Gasteiger partial charge in [0.1, 0.15) is 0 Å². The van der Waals surface area contributed by atoms with Gasteiger partial charge in [0.15, 0.2) is 0 Å². The monoisotopic (exact) mass is 720 g/mol. The van der Waals surface area contributed by atoms with Gasteiger partial charge in [0.25, 0.3) is 0 Å². The highest BCUT2D eigenvalue weighted by atomic mass is 16.5. The lowest BCUT2D eigenvalue weighted by atomic mass is 10.0. The first-order valence-corrected chi connectivity index (χ1v) is 22.1. The van der Waals surface area contributed by atoms with E-state index in [-0.39, 0.29) is 18.5 Å². The summed E-state index contributed by atoms with van der Waals surface area (Å²) in [5.74, 6) is -0.296. The summed E-state index contributed by atoms with van der Waals surface area (Å²) in [7, 11) is 0. The highest BCUT2D eigenvalue weighted by Crippen LogP contribution is 2.18. The van der Waals surface area contributed by atoms with E-state index in [1.54, 1.807) is 12.2 Å². The predicted molar refractivity (Wildman–Crippen MR) is 218 cm³/mol. The number of rotatable bonds is 39. The fourth-order valence-corrected chi connectivity index (χ4v) is 6.59. The largest absolute Gasteiger partial charge is 0.463 e. The molecule has 0 aliphatic rings. The average molecular weight is 720 g/mol. The molecule has 0 heterocycles. The van der Waals surface area contributed by atoms with Crippen LogP contribution in [0, 0.1) is 0 Å². The Labute approximate surface area is 317 Å². The van der Waals surface area contributed by atoms with E-state index in [2.05, 4.69) is 32.6 Å². The van der Waals surface area contributed by atoms with E-state index in [9.17, 15) is 14.7 Å². The molecule has 0 aromatic heterocycles. The van der Waals surface area contributed by atoms with Gasteiger partial charge < -0.3 is 19.5 Å². The number of nitrogens with zero attached hydrogens (tertiary/aromatic N) is 1. The lowest BCUT2D eigenvalue weighted by Gasteiger charge is -2.22. The lowest BCUT2D eigenvalue weighted by Crippen LogP contribution is -2.27. The van der Waals surface area contributed by atoms with Gasteiger partial charge in [-0.25, -0.2) is 9.59 Å². The third-order valence-corrected chi connectivity index (χ3v) is 9.91. The summed E-state index contributed by atoms with van der Waals surface area (Å²) >= 11 is 0. The Balaban J connectivity index is 4.03. The Kier molecular flexibility index (Phi) is 38.3. The summed E-state index contributed by atoms with van der Waals surface area (Å²) < 4.78 is 11.1. The Morgan fingerprint density at radius 2 is 0.765 bits per heavy atom. The van der Waals surface area contributed by atoms with Gasteiger partial charge in [0.2, 0.25) is 0 Å². The molecule has 0 aromatic carbocycles. The van der Waals surface area contributed by atoms with Gasteiger partial charge in [-0.2, -0.15) is 0 Å². The number of unbranched alkanes of at least 4 members (excludes halogenated alkanes) is 18. The van der Waals surface area contributed by atoms with E-state index < -0.39 is 0 Å². The minimum atomic E-state index is -0.148. The van der Waals surface area contributed by atoms with Crippen LogP contribution in [0.15, 0.2) is 23.3 Å². The molecule has 0 aliphatic heterocycles. The topological polar surface area (TPSA) is 76.1 Å². The van der Waals surface area contributed by atoms with Gasteiger partial charge in [-0.05, 0) is 96.6 Å². The van der Waals surface area contributed by atoms with E-state index in [0.717, 1.165) is 103 Å². The molecule has 6 nitrogen and oxygen atoms in total. The summed E-state index contributed by atoms with van der Waals surface area (Å²) in [5, 5.41) is 9.37. The average Bonchev–Trinajstić information content (AvgIpc) is 3.13. The smallest absolute Gasteiger partial charge is 0.330 e. The minimum absolute atomic E-state index is 0.148. The molecule has 1 N–H and O–H groups in total. The summed E-state index contributed by atoms with van der Waals surface area (Å²) in [5.41, 5.74) is 2.54. The van der Waals surface area contributed by atoms with Crippen LogP contribution in [0.4, 0.5) is 0 Å². The van der Waals surface area contributed by atoms with Crippen LogP contribution >= 0.6 is 0 Å². The highest BCUT2D eigenvalue weighted by Gasteiger charge is 2.07. The maximum absolute atomic E-state index is 12.4. The lowest BCUT2D eigenvalue weighted by molar-refractivity contribution is -0.138. The van der Waals surface area contributed by atoms with Crippen molar-refractivity contribution in [2.75, 3.05) is 39.5 Å². The summed E-state index contributed by atoms with van der Waals surface area (Å²) in [6, 6.07) is 0. The van der Waals surface area contributed by atoms with Crippen molar-refractivity contribution in [3.8, 4) is 0 Å². The van der Waals surface area contributed by atoms with Gasteiger partial charge in [0, 0.05) is 25.3 Å². The van der Waals surface area contributed by atoms with Crippen LogP contribution in [0.2, 0.25) is 0 Å². The predicted octanol–water partition coefficient (Wildman–Crippen LogP) is 12.6. The third-order valence-electron chi connectivity index (χ3n) is 9.91. The number of ether oxygens (including phenoxy) is 2. The molecule has 0 aliphatic carbocycles. The summed E-state index contributed by atoms with van der Waals surface area (Å²) in [6.45, 7) is 13.4. The van der Waals surface area contributed by atoms with Crippen molar-refractivity contribution in [3.05, 3.63) is 23.3 Å². The zero-order chi connectivity index (χ0) is 37.5. The first-order chi connectivity index (χ1) is 25.0. The number of aliphatic hydroxyl groups excluding tert-OH is 1. The van der Waals surface area contributed by atoms with Crippen molar-refractivity contribution in [2.45, 2.75) is 214 Å². The number of aliphatic hydroxyl groups is 1. The molecule has 0 spiro atoms. The molecule has 6 heteroatoms. The molecule has 0 bridgehead atoms. The second kappa shape index (κ2) is 39.5. The van der Waals surface area contributed by atoms with Crippen molar-refractivity contribution in [1.82, 2.24) is 4.90 Å². The Morgan fingerprint density at radius 1 is 0.431 bits per heavy atom. The van der Waals surface area contributed by atoms with Gasteiger partial charge in [-0.3, -0.25) is 0 Å². The quantitative estimate of drug-likeness (QED) is 0.0387. The molecule has 300 valence electrons. The molecule has 0 aromatic rings. The molecule has 0 radical (unpaired) electrons. The molecule has 0 rings (SSSR count). The fourth-order valence-electron chi connectivity index (χ4n) is 6.59. The van der Waals surface area contributed by atoms with E-state index in [4.69, 9.17) is 9.47 Å². The van der Waals surface area contributed by atoms with Crippen molar-refractivity contribution >= 4 is 11.9 Å². The Bertz CT molecular complexity index is 774. The SMILES string of the molecule is CCCCCCC(=CC(=O)OCCCCCCCCN(CCCO)CCCCCCCCOC(=O)/C=C(\CCCC)CCCCCC)CCCC. The molecule has 0 atom stereocenters. The molecule has 0 saturated carbocycles. The first kappa shape index (κ1) is 49.3. The number of allylic oxidation sites excluding steroid dienone is 2. The molecule has 0 amide bonds. The first-order valence-electron chi connectivity index (χ1n) is 22.1. The molecular formula is C45H85NO5. The van der Waals surface area contributed by atoms with Gasteiger partial charge in [0.05, 0.1) is 13.2 Å². The Morgan fingerprint density at radius 3 is 1.16 bits per heavy atom. The molecule has 0 unspecified atom stereocenters. The number of hydrogen-bond donors (Lipinski definition) is 1. The van der Waals surface area contributed by atoms with Crippen molar-refractivity contribution in [2.24, 2.45) is 0 Å². The van der Waals surface area contributed by atoms with Gasteiger partial charge in [-0.1, -0.05) is 142 Å². The van der Waals surface area contributed by atoms with Crippen LogP contribution in [0.3, 0.4) is 0 Å². The zero-order valence-electron chi connectivity index (χ0n) is 34.4. The Hall–Kier alpha value is -1.66. The van der Waals surface area contributed by atoms with Crippen LogP contribution in [-0.4, -0.2) is 61.4 Å². The third kappa shape index (κ3) is 35.2. The van der Waals surface area contributed by atoms with Crippen LogP contribution in [0.25, 0.3) is 0 Å². The van der Waals surface area contributed by atoms with Crippen molar-refractivity contribution in [1.29, 1.82) is 0 Å². The number of hydrogen-bond acceptors (Lipinski definition) is 6.